The van der Waals surface area contributed by atoms with E-state index in [1.165, 1.54) is 0 Å². The minimum Gasteiger partial charge on any atom is -0.311 e. The summed E-state index contributed by atoms with van der Waals surface area (Å²) < 4.78 is 0. The second kappa shape index (κ2) is 4.15. The van der Waals surface area contributed by atoms with E-state index >= 15 is 0 Å². The van der Waals surface area contributed by atoms with Crippen molar-refractivity contribution in [2.75, 3.05) is 11.9 Å². The number of benzene rings is 2. The van der Waals surface area contributed by atoms with E-state index in [2.05, 4.69) is 6.08 Å². The zero-order valence-electron chi connectivity index (χ0n) is 10.1. The van der Waals surface area contributed by atoms with Gasteiger partial charge in [-0.15, -0.1) is 0 Å². The van der Waals surface area contributed by atoms with Gasteiger partial charge in [0.15, 0.2) is 0 Å². The highest BCUT2D eigenvalue weighted by Crippen LogP contribution is 2.27. The van der Waals surface area contributed by atoms with E-state index in [1.807, 2.05) is 61.7 Å². The van der Waals surface area contributed by atoms with Crippen LogP contribution in [0.25, 0.3) is 12.2 Å². The average molecular weight is 235 g/mol. The minimum atomic E-state index is 0.0300. The first-order valence-electron chi connectivity index (χ1n) is 5.91. The highest BCUT2D eigenvalue weighted by Gasteiger charge is 2.19. The minimum absolute atomic E-state index is 0.0300. The van der Waals surface area contributed by atoms with Gasteiger partial charge in [-0.3, -0.25) is 4.79 Å². The van der Waals surface area contributed by atoms with Crippen LogP contribution in [0.2, 0.25) is 0 Å². The van der Waals surface area contributed by atoms with Crippen LogP contribution >= 0.6 is 0 Å². The Morgan fingerprint density at radius 3 is 2.28 bits per heavy atom. The van der Waals surface area contributed by atoms with Crippen LogP contribution in [0.5, 0.6) is 0 Å². The van der Waals surface area contributed by atoms with Gasteiger partial charge in [0, 0.05) is 12.6 Å². The summed E-state index contributed by atoms with van der Waals surface area (Å²) in [6.07, 6.45) is 4.05. The lowest BCUT2D eigenvalue weighted by molar-refractivity contribution is 0.0992. The molecule has 0 bridgehead atoms. The largest absolute Gasteiger partial charge is 0.311 e. The quantitative estimate of drug-likeness (QED) is 0.685. The fraction of sp³-hybridized carbons (Fsp3) is 0.0625. The van der Waals surface area contributed by atoms with Gasteiger partial charge in [-0.05, 0) is 23.3 Å². The Bertz CT molecular complexity index is 643. The van der Waals surface area contributed by atoms with E-state index in [1.54, 1.807) is 4.90 Å². The molecule has 1 heterocycles. The Labute approximate surface area is 106 Å². The highest BCUT2D eigenvalue weighted by atomic mass is 16.2. The maximum Gasteiger partial charge on any atom is 0.258 e. The second-order valence-corrected chi connectivity index (χ2v) is 4.34. The topological polar surface area (TPSA) is 20.3 Å². The summed E-state index contributed by atoms with van der Waals surface area (Å²) in [6, 6.07) is 15.6. The first-order chi connectivity index (χ1) is 8.77. The molecule has 2 nitrogen and oxygen atoms in total. The summed E-state index contributed by atoms with van der Waals surface area (Å²) in [5, 5.41) is 0. The Kier molecular flexibility index (Phi) is 2.49. The van der Waals surface area contributed by atoms with E-state index in [0.29, 0.717) is 0 Å². The molecule has 1 aliphatic rings. The molecule has 18 heavy (non-hydrogen) atoms. The van der Waals surface area contributed by atoms with E-state index in [4.69, 9.17) is 0 Å². The molecule has 2 heteroatoms. The molecule has 0 N–H and O–H groups in total. The van der Waals surface area contributed by atoms with E-state index in [-0.39, 0.29) is 5.91 Å². The predicted molar refractivity (Wildman–Crippen MR) is 74.5 cm³/mol. The molecule has 3 rings (SSSR count). The van der Waals surface area contributed by atoms with Gasteiger partial charge in [0.2, 0.25) is 0 Å². The van der Waals surface area contributed by atoms with Gasteiger partial charge < -0.3 is 4.90 Å². The van der Waals surface area contributed by atoms with Crippen molar-refractivity contribution in [1.82, 2.24) is 0 Å². The van der Waals surface area contributed by atoms with Crippen molar-refractivity contribution in [2.45, 2.75) is 0 Å². The SMILES string of the molecule is CN1C(=O)c2ccccc2C=Cc2ccccc21. The fourth-order valence-electron chi connectivity index (χ4n) is 2.24. The molecule has 2 aromatic rings. The summed E-state index contributed by atoms with van der Waals surface area (Å²) in [6.45, 7) is 0. The molecule has 1 aliphatic heterocycles. The molecule has 0 saturated carbocycles. The molecule has 0 saturated heterocycles. The van der Waals surface area contributed by atoms with Gasteiger partial charge >= 0.3 is 0 Å². The maximum absolute atomic E-state index is 12.4. The Morgan fingerprint density at radius 1 is 0.833 bits per heavy atom. The van der Waals surface area contributed by atoms with Crippen LogP contribution < -0.4 is 4.90 Å². The predicted octanol–water partition coefficient (Wildman–Crippen LogP) is 3.45. The number of hydrogen-bond acceptors (Lipinski definition) is 1. The number of nitrogens with zero attached hydrogens (tertiary/aromatic N) is 1. The molecule has 0 fully saturated rings. The first kappa shape index (κ1) is 10.8. The molecule has 0 aromatic heterocycles. The standard InChI is InChI=1S/C16H13NO/c1-17-15-9-5-3-7-13(15)11-10-12-6-2-4-8-14(12)16(17)18/h2-11H,1H3. The number of fused-ring (bicyclic) bond motifs is 2. The van der Waals surface area contributed by atoms with Crippen molar-refractivity contribution in [3.05, 3.63) is 65.2 Å². The van der Waals surface area contributed by atoms with Crippen LogP contribution in [0.1, 0.15) is 21.5 Å². The number of hydrogen-bond donors (Lipinski definition) is 0. The number of rotatable bonds is 0. The van der Waals surface area contributed by atoms with Crippen LogP contribution in [0.15, 0.2) is 48.5 Å². The Balaban J connectivity index is 2.25. The zero-order chi connectivity index (χ0) is 12.5. The van der Waals surface area contributed by atoms with Gasteiger partial charge in [-0.25, -0.2) is 0 Å². The van der Waals surface area contributed by atoms with Crippen LogP contribution in [0.3, 0.4) is 0 Å². The van der Waals surface area contributed by atoms with Gasteiger partial charge in [-0.2, -0.15) is 0 Å². The molecule has 2 aromatic carbocycles. The molecular weight excluding hydrogens is 222 g/mol. The molecular formula is C16H13NO. The van der Waals surface area contributed by atoms with Gasteiger partial charge in [0.1, 0.15) is 0 Å². The van der Waals surface area contributed by atoms with Gasteiger partial charge in [0.25, 0.3) is 5.91 Å². The van der Waals surface area contributed by atoms with Crippen molar-refractivity contribution < 1.29 is 4.79 Å². The number of amides is 1. The van der Waals surface area contributed by atoms with Crippen molar-refractivity contribution in [3.8, 4) is 0 Å². The third-order valence-corrected chi connectivity index (χ3v) is 3.24. The van der Waals surface area contributed by atoms with Gasteiger partial charge in [-0.1, -0.05) is 48.6 Å². The molecule has 0 atom stereocenters. The number of carbonyl (C=O) groups is 1. The Hall–Kier alpha value is -2.35. The lowest BCUT2D eigenvalue weighted by Crippen LogP contribution is -2.28. The van der Waals surface area contributed by atoms with Crippen molar-refractivity contribution in [2.24, 2.45) is 0 Å². The van der Waals surface area contributed by atoms with Crippen molar-refractivity contribution in [1.29, 1.82) is 0 Å². The second-order valence-electron chi connectivity index (χ2n) is 4.34. The highest BCUT2D eigenvalue weighted by molar-refractivity contribution is 6.10. The van der Waals surface area contributed by atoms with Crippen LogP contribution in [0.4, 0.5) is 5.69 Å². The molecule has 0 aliphatic carbocycles. The lowest BCUT2D eigenvalue weighted by Gasteiger charge is -2.22. The lowest BCUT2D eigenvalue weighted by atomic mass is 10.0. The smallest absolute Gasteiger partial charge is 0.258 e. The summed E-state index contributed by atoms with van der Waals surface area (Å²) >= 11 is 0. The molecule has 0 spiro atoms. The van der Waals surface area contributed by atoms with E-state index in [9.17, 15) is 4.79 Å². The van der Waals surface area contributed by atoms with Crippen LogP contribution in [-0.4, -0.2) is 13.0 Å². The van der Waals surface area contributed by atoms with Gasteiger partial charge in [0.05, 0.1) is 5.69 Å². The number of anilines is 1. The van der Waals surface area contributed by atoms with Crippen LogP contribution in [0, 0.1) is 0 Å². The number of carbonyl (C=O) groups excluding carboxylic acids is 1. The summed E-state index contributed by atoms with van der Waals surface area (Å²) in [5.41, 5.74) is 3.70. The molecule has 1 amide bonds. The third kappa shape index (κ3) is 1.63. The zero-order valence-corrected chi connectivity index (χ0v) is 10.1. The average Bonchev–Trinajstić information content (AvgIpc) is 2.43. The summed E-state index contributed by atoms with van der Waals surface area (Å²) in [4.78, 5) is 14.2. The molecule has 0 unspecified atom stereocenters. The monoisotopic (exact) mass is 235 g/mol. The van der Waals surface area contributed by atoms with E-state index < -0.39 is 0 Å². The summed E-state index contributed by atoms with van der Waals surface area (Å²) in [5.74, 6) is 0.0300. The van der Waals surface area contributed by atoms with Crippen molar-refractivity contribution >= 4 is 23.7 Å². The normalized spacial score (nSPS) is 13.6. The maximum atomic E-state index is 12.4. The molecule has 88 valence electrons. The first-order valence-corrected chi connectivity index (χ1v) is 5.91. The number of para-hydroxylation sites is 1. The van der Waals surface area contributed by atoms with Crippen molar-refractivity contribution in [3.63, 3.8) is 0 Å². The summed E-state index contributed by atoms with van der Waals surface area (Å²) in [7, 11) is 1.82. The van der Waals surface area contributed by atoms with E-state index in [0.717, 1.165) is 22.4 Å². The fourth-order valence-corrected chi connectivity index (χ4v) is 2.24. The Morgan fingerprint density at radius 2 is 1.44 bits per heavy atom. The van der Waals surface area contributed by atoms with Crippen LogP contribution in [-0.2, 0) is 0 Å². The third-order valence-electron chi connectivity index (χ3n) is 3.24. The molecule has 0 radical (unpaired) electrons.